The molecule has 83 heavy (non-hydrogen) atoms. The number of aldehydes is 1. The maximum absolute atomic E-state index is 14.8. The van der Waals surface area contributed by atoms with Gasteiger partial charge in [-0.2, -0.15) is 0 Å². The van der Waals surface area contributed by atoms with Gasteiger partial charge in [-0.15, -0.1) is 0 Å². The number of unbranched alkanes of at least 4 members (excludes halogenated alkanes) is 1. The first-order valence-electron chi connectivity index (χ1n) is 28.6. The van der Waals surface area contributed by atoms with Gasteiger partial charge in [-0.1, -0.05) is 118 Å². The molecule has 0 saturated carbocycles. The molecule has 0 spiro atoms. The number of nitrogens with zero attached hydrogens (tertiary/aromatic N) is 6. The maximum Gasteiger partial charge on any atom is 0.254 e. The van der Waals surface area contributed by atoms with Gasteiger partial charge < -0.3 is 60.2 Å². The Kier molecular flexibility index (Phi) is 35.7. The van der Waals surface area contributed by atoms with E-state index in [9.17, 15) is 52.7 Å². The molecule has 22 heteroatoms. The topological polar surface area (TPSA) is 265 Å². The van der Waals surface area contributed by atoms with Crippen molar-refractivity contribution in [1.82, 2.24) is 50.7 Å². The molecule has 466 valence electrons. The van der Waals surface area contributed by atoms with Crippen molar-refractivity contribution < 1.29 is 57.5 Å². The number of carbonyl (C=O) groups excluding carboxylic acids is 11. The van der Waals surface area contributed by atoms with Crippen LogP contribution in [0.5, 0.6) is 0 Å². The Morgan fingerprint density at radius 2 is 1.25 bits per heavy atom. The number of hydrogen-bond acceptors (Lipinski definition) is 12. The molecule has 22 nitrogen and oxygen atoms in total. The van der Waals surface area contributed by atoms with Gasteiger partial charge in [-0.25, -0.2) is 0 Å². The summed E-state index contributed by atoms with van der Waals surface area (Å²) in [5, 5.41) is 11.0. The highest BCUT2D eigenvalue weighted by molar-refractivity contribution is 5.97. The van der Waals surface area contributed by atoms with Crippen LogP contribution in [0.2, 0.25) is 0 Å². The summed E-state index contributed by atoms with van der Waals surface area (Å²) >= 11 is 0. The van der Waals surface area contributed by atoms with Gasteiger partial charge in [0.25, 0.3) is 5.91 Å². The summed E-state index contributed by atoms with van der Waals surface area (Å²) in [5.74, 6) is -5.60. The Morgan fingerprint density at radius 3 is 1.77 bits per heavy atom. The van der Waals surface area contributed by atoms with E-state index in [1.165, 1.54) is 80.0 Å². The van der Waals surface area contributed by atoms with Crippen LogP contribution in [-0.2, 0) is 57.5 Å². The number of methoxy groups -OCH3 is 1. The molecule has 7 atom stereocenters. The minimum atomic E-state index is -1.28. The number of amides is 10. The Hall–Kier alpha value is -7.39. The third-order valence-corrected chi connectivity index (χ3v) is 14.0. The standard InChI is InChI=1S/C61H100N10O12/c1-20-23-25-26-27-28-46(38-72)68(16)54(76)37-71(31-24-21-2)60(81)47(22-3)64-59(80)50(33-41(6)7)70(18)61(82)55(42(8)9)65-57(78)48(30-29-43(10)34-51(83-19)45(12)56(77)62-13)69(17)53(75)36-66(14)52(74)35-44(11)63-58(79)49(32-40(4)5)67(15)39-73/h20,23,25-27,34,38-42,44,46-50,55H,1,10,12,21-22,24,28-33,35-37H2,2-9,11,13-19H3,(H,62,77)(H,63,79)(H,64,80)(H,65,78)/b25-23-,27-26+,51-34+/t44-,46?,47?,48?,49?,50?,55?/m1/s1. The molecular weight excluding hydrogens is 1060 g/mol. The second-order valence-corrected chi connectivity index (χ2v) is 22.2. The third kappa shape index (κ3) is 26.2. The molecule has 0 aliphatic rings. The smallest absolute Gasteiger partial charge is 0.254 e. The molecule has 0 aliphatic heterocycles. The molecule has 0 rings (SSSR count). The minimum absolute atomic E-state index is 0.0128. The van der Waals surface area contributed by atoms with Crippen molar-refractivity contribution in [2.75, 3.05) is 69.0 Å². The first kappa shape index (κ1) is 75.6. The van der Waals surface area contributed by atoms with Crippen LogP contribution in [0.4, 0.5) is 0 Å². The Bertz CT molecular complexity index is 2330. The fourth-order valence-corrected chi connectivity index (χ4v) is 8.65. The molecule has 0 fully saturated rings. The average Bonchev–Trinajstić information content (AvgIpc) is 3.45. The van der Waals surface area contributed by atoms with Crippen molar-refractivity contribution >= 4 is 65.9 Å². The molecule has 4 N–H and O–H groups in total. The molecule has 0 saturated heterocycles. The molecule has 0 aliphatic carbocycles. The van der Waals surface area contributed by atoms with Crippen LogP contribution in [0.15, 0.2) is 73.1 Å². The maximum atomic E-state index is 14.8. The summed E-state index contributed by atoms with van der Waals surface area (Å²) < 4.78 is 5.41. The molecule has 0 aromatic rings. The quantitative estimate of drug-likeness (QED) is 0.0293. The summed E-state index contributed by atoms with van der Waals surface area (Å²) in [7, 11) is 10.0. The largest absolute Gasteiger partial charge is 0.496 e. The lowest BCUT2D eigenvalue weighted by molar-refractivity contribution is -0.147. The fraction of sp³-hybridized carbons (Fsp3) is 0.623. The lowest BCUT2D eigenvalue weighted by Crippen LogP contribution is -2.60. The van der Waals surface area contributed by atoms with Crippen molar-refractivity contribution in [3.05, 3.63) is 73.1 Å². The number of hydrogen-bond donors (Lipinski definition) is 4. The first-order chi connectivity index (χ1) is 38.9. The predicted molar refractivity (Wildman–Crippen MR) is 322 cm³/mol. The van der Waals surface area contributed by atoms with Gasteiger partial charge >= 0.3 is 0 Å². The van der Waals surface area contributed by atoms with Crippen LogP contribution in [0.25, 0.3) is 0 Å². The van der Waals surface area contributed by atoms with Gasteiger partial charge in [-0.3, -0.25) is 47.9 Å². The van der Waals surface area contributed by atoms with Crippen LogP contribution in [0.3, 0.4) is 0 Å². The zero-order valence-corrected chi connectivity index (χ0v) is 52.6. The number of nitrogens with one attached hydrogen (secondary N) is 4. The highest BCUT2D eigenvalue weighted by Gasteiger charge is 2.39. The SMILES string of the molecule is C=C/C=C\C=C\CC(C=O)N(C)C(=O)CN(CCCC)C(=O)C(CC)NC(=O)C(CC(C)C)N(C)C(=O)C(NC(=O)C(CCC(=C)/C=C(/OC)C(=C)C(=O)NC)N(C)C(=O)CN(C)C(=O)C[C@@H](C)NC(=O)C(CC(C)C)N(C)C=O)C(C)C. The Labute approximate surface area is 494 Å². The molecule has 6 unspecified atom stereocenters. The first-order valence-corrected chi connectivity index (χ1v) is 28.6. The van der Waals surface area contributed by atoms with Gasteiger partial charge in [-0.05, 0) is 75.7 Å². The van der Waals surface area contributed by atoms with Crippen LogP contribution in [0.1, 0.15) is 120 Å². The second-order valence-electron chi connectivity index (χ2n) is 22.2. The third-order valence-electron chi connectivity index (χ3n) is 14.0. The summed E-state index contributed by atoms with van der Waals surface area (Å²) in [6.07, 6.45) is 13.3. The number of carbonyl (C=O) groups is 11. The number of ether oxygens (including phenoxy) is 1. The van der Waals surface area contributed by atoms with Gasteiger partial charge in [0.2, 0.25) is 53.7 Å². The minimum Gasteiger partial charge on any atom is -0.496 e. The summed E-state index contributed by atoms with van der Waals surface area (Å²) in [6, 6.07) is -7.00. The summed E-state index contributed by atoms with van der Waals surface area (Å²) in [4.78, 5) is 156. The normalized spacial score (nSPS) is 14.0. The zero-order valence-electron chi connectivity index (χ0n) is 52.6. The lowest BCUT2D eigenvalue weighted by atomic mass is 9.97. The predicted octanol–water partition coefficient (Wildman–Crippen LogP) is 4.09. The van der Waals surface area contributed by atoms with E-state index >= 15 is 0 Å². The Balaban J connectivity index is 6.97. The number of rotatable bonds is 40. The average molecular weight is 1170 g/mol. The molecule has 0 aromatic heterocycles. The highest BCUT2D eigenvalue weighted by atomic mass is 16.5. The van der Waals surface area contributed by atoms with E-state index in [1.54, 1.807) is 58.1 Å². The molecule has 10 amide bonds. The second kappa shape index (κ2) is 39.2. The van der Waals surface area contributed by atoms with Gasteiger partial charge in [0.15, 0.2) is 0 Å². The molecule has 0 heterocycles. The highest BCUT2D eigenvalue weighted by Crippen LogP contribution is 2.21. The van der Waals surface area contributed by atoms with Crippen LogP contribution >= 0.6 is 0 Å². The molecule has 0 bridgehead atoms. The van der Waals surface area contributed by atoms with E-state index in [0.29, 0.717) is 37.5 Å². The van der Waals surface area contributed by atoms with E-state index < -0.39 is 108 Å². The number of likely N-dealkylation sites (N-methyl/N-ethyl adjacent to an activating group) is 6. The van der Waals surface area contributed by atoms with E-state index in [4.69, 9.17) is 4.74 Å². The van der Waals surface area contributed by atoms with E-state index in [2.05, 4.69) is 41.0 Å². The van der Waals surface area contributed by atoms with Crippen LogP contribution < -0.4 is 21.3 Å². The van der Waals surface area contributed by atoms with E-state index in [0.717, 1.165) is 4.90 Å². The van der Waals surface area contributed by atoms with Crippen molar-refractivity contribution in [3.63, 3.8) is 0 Å². The summed E-state index contributed by atoms with van der Waals surface area (Å²) in [6.45, 7) is 27.1. The van der Waals surface area contributed by atoms with E-state index in [1.807, 2.05) is 34.6 Å². The monoisotopic (exact) mass is 1160 g/mol. The Morgan fingerprint density at radius 1 is 0.675 bits per heavy atom. The molecule has 0 radical (unpaired) electrons. The fourth-order valence-electron chi connectivity index (χ4n) is 8.65. The lowest BCUT2D eigenvalue weighted by Gasteiger charge is -2.36. The molecular formula is C61H100N10O12. The molecule has 0 aromatic carbocycles. The van der Waals surface area contributed by atoms with Crippen molar-refractivity contribution in [3.8, 4) is 0 Å². The van der Waals surface area contributed by atoms with Gasteiger partial charge in [0, 0.05) is 61.3 Å². The number of allylic oxidation sites excluding steroid dienone is 6. The van der Waals surface area contributed by atoms with Crippen LogP contribution in [0, 0.1) is 17.8 Å². The van der Waals surface area contributed by atoms with Gasteiger partial charge in [0.1, 0.15) is 42.3 Å². The van der Waals surface area contributed by atoms with Gasteiger partial charge in [0.05, 0.1) is 31.8 Å². The van der Waals surface area contributed by atoms with Crippen LogP contribution in [-0.4, -0.2) is 207 Å². The van der Waals surface area contributed by atoms with Crippen molar-refractivity contribution in [2.24, 2.45) is 17.8 Å². The summed E-state index contributed by atoms with van der Waals surface area (Å²) in [5.41, 5.74) is 0.404. The zero-order chi connectivity index (χ0) is 63.8. The van der Waals surface area contributed by atoms with Crippen molar-refractivity contribution in [1.29, 1.82) is 0 Å². The van der Waals surface area contributed by atoms with Crippen molar-refractivity contribution in [2.45, 2.75) is 162 Å². The van der Waals surface area contributed by atoms with E-state index in [-0.39, 0.29) is 74.8 Å².